The summed E-state index contributed by atoms with van der Waals surface area (Å²) in [5, 5.41) is 0.749. The molecule has 0 amide bonds. The molecule has 0 saturated carbocycles. The maximum Gasteiger partial charge on any atom is 0.207 e. The summed E-state index contributed by atoms with van der Waals surface area (Å²) in [5.74, 6) is 1.51. The lowest BCUT2D eigenvalue weighted by Crippen LogP contribution is -2.19. The van der Waals surface area contributed by atoms with E-state index >= 15 is 0 Å². The van der Waals surface area contributed by atoms with Gasteiger partial charge in [-0.05, 0) is 32.0 Å². The van der Waals surface area contributed by atoms with Crippen molar-refractivity contribution in [2.75, 3.05) is 0 Å². The topological polar surface area (TPSA) is 31.2 Å². The molecular formula is C18H15NO2. The molecule has 0 aliphatic carbocycles. The van der Waals surface area contributed by atoms with Crippen LogP contribution >= 0.6 is 0 Å². The minimum absolute atomic E-state index is 0.0485. The monoisotopic (exact) mass is 277 g/mol. The molecule has 2 aromatic carbocycles. The summed E-state index contributed by atoms with van der Waals surface area (Å²) in [4.78, 5) is 12.5. The molecule has 3 heteroatoms. The molecule has 3 nitrogen and oxygen atoms in total. The minimum atomic E-state index is 0.0485. The van der Waals surface area contributed by atoms with E-state index in [1.165, 1.54) is 5.56 Å². The number of para-hydroxylation sites is 1. The highest BCUT2D eigenvalue weighted by Crippen LogP contribution is 2.35. The number of hydrogen-bond donors (Lipinski definition) is 0. The van der Waals surface area contributed by atoms with E-state index in [0.717, 1.165) is 28.8 Å². The van der Waals surface area contributed by atoms with E-state index in [0.29, 0.717) is 11.4 Å². The number of rotatable bonds is 0. The van der Waals surface area contributed by atoms with Crippen molar-refractivity contribution in [2.24, 2.45) is 0 Å². The van der Waals surface area contributed by atoms with Gasteiger partial charge in [0.1, 0.15) is 5.75 Å². The molecule has 2 heterocycles. The van der Waals surface area contributed by atoms with Crippen molar-refractivity contribution in [3.8, 4) is 11.6 Å². The number of aryl methyl sites for hydroxylation is 1. The van der Waals surface area contributed by atoms with E-state index in [1.54, 1.807) is 0 Å². The highest BCUT2D eigenvalue weighted by atomic mass is 16.5. The van der Waals surface area contributed by atoms with E-state index in [2.05, 4.69) is 17.6 Å². The molecule has 0 unspecified atom stereocenters. The normalized spacial score (nSPS) is 12.7. The quantitative estimate of drug-likeness (QED) is 0.490. The lowest BCUT2D eigenvalue weighted by atomic mass is 10.1. The van der Waals surface area contributed by atoms with Crippen LogP contribution < -0.4 is 10.2 Å². The van der Waals surface area contributed by atoms with Crippen molar-refractivity contribution >= 4 is 10.9 Å². The van der Waals surface area contributed by atoms with Crippen LogP contribution in [0.5, 0.6) is 11.6 Å². The third kappa shape index (κ3) is 1.70. The second-order valence-corrected chi connectivity index (χ2v) is 5.58. The van der Waals surface area contributed by atoms with E-state index in [-0.39, 0.29) is 5.43 Å². The van der Waals surface area contributed by atoms with Gasteiger partial charge in [0, 0.05) is 10.9 Å². The second kappa shape index (κ2) is 4.22. The number of benzene rings is 2. The number of nitrogens with zero attached hydrogens (tertiary/aromatic N) is 1. The molecule has 0 atom stereocenters. The lowest BCUT2D eigenvalue weighted by molar-refractivity contribution is 0.402. The zero-order valence-corrected chi connectivity index (χ0v) is 12.0. The van der Waals surface area contributed by atoms with Crippen LogP contribution in [0.15, 0.2) is 47.3 Å². The maximum atomic E-state index is 12.5. The molecule has 104 valence electrons. The van der Waals surface area contributed by atoms with E-state index in [4.69, 9.17) is 4.74 Å². The molecule has 1 aliphatic heterocycles. The number of hydrogen-bond acceptors (Lipinski definition) is 2. The summed E-state index contributed by atoms with van der Waals surface area (Å²) in [6.07, 6.45) is 0. The van der Waals surface area contributed by atoms with Crippen molar-refractivity contribution in [3.63, 3.8) is 0 Å². The van der Waals surface area contributed by atoms with Crippen LogP contribution in [0.2, 0.25) is 0 Å². The molecule has 4 rings (SSSR count). The van der Waals surface area contributed by atoms with Gasteiger partial charge in [-0.2, -0.15) is 0 Å². The molecule has 3 aromatic rings. The van der Waals surface area contributed by atoms with Crippen LogP contribution in [0.4, 0.5) is 0 Å². The third-order valence-corrected chi connectivity index (χ3v) is 4.10. The summed E-state index contributed by atoms with van der Waals surface area (Å²) in [7, 11) is 0. The Hall–Kier alpha value is -2.55. The minimum Gasteiger partial charge on any atom is -0.440 e. The summed E-state index contributed by atoms with van der Waals surface area (Å²) < 4.78 is 8.11. The summed E-state index contributed by atoms with van der Waals surface area (Å²) in [6, 6.07) is 13.9. The Labute approximate surface area is 122 Å². The van der Waals surface area contributed by atoms with E-state index in [1.807, 2.05) is 43.3 Å². The first kappa shape index (κ1) is 12.2. The Bertz CT molecular complexity index is 938. The predicted octanol–water partition coefficient (Wildman–Crippen LogP) is 3.77. The first-order chi connectivity index (χ1) is 10.1. The highest BCUT2D eigenvalue weighted by molar-refractivity contribution is 5.81. The summed E-state index contributed by atoms with van der Waals surface area (Å²) in [6.45, 7) is 4.64. The van der Waals surface area contributed by atoms with Gasteiger partial charge in [0.25, 0.3) is 0 Å². The number of aromatic nitrogens is 1. The molecule has 0 saturated heterocycles. The summed E-state index contributed by atoms with van der Waals surface area (Å²) in [5.41, 5.74) is 4.00. The Morgan fingerprint density at radius 3 is 2.76 bits per heavy atom. The Kier molecular flexibility index (Phi) is 2.45. The van der Waals surface area contributed by atoms with Gasteiger partial charge in [-0.3, -0.25) is 4.79 Å². The Balaban J connectivity index is 2.06. The van der Waals surface area contributed by atoms with Crippen LogP contribution in [0, 0.1) is 13.8 Å². The van der Waals surface area contributed by atoms with E-state index < -0.39 is 0 Å². The highest BCUT2D eigenvalue weighted by Gasteiger charge is 2.21. The average molecular weight is 277 g/mol. The fourth-order valence-corrected chi connectivity index (χ4v) is 3.01. The average Bonchev–Trinajstić information content (AvgIpc) is 2.51. The molecule has 0 bridgehead atoms. The first-order valence-electron chi connectivity index (χ1n) is 7.04. The number of ether oxygens (including phenoxy) is 1. The zero-order chi connectivity index (χ0) is 14.6. The fourth-order valence-electron chi connectivity index (χ4n) is 3.01. The Morgan fingerprint density at radius 2 is 1.90 bits per heavy atom. The molecule has 1 aliphatic rings. The second-order valence-electron chi connectivity index (χ2n) is 5.58. The van der Waals surface area contributed by atoms with Gasteiger partial charge in [0.05, 0.1) is 17.6 Å². The van der Waals surface area contributed by atoms with Gasteiger partial charge in [0.15, 0.2) is 5.43 Å². The Morgan fingerprint density at radius 1 is 1.10 bits per heavy atom. The molecule has 0 spiro atoms. The molecule has 1 aromatic heterocycles. The molecular weight excluding hydrogens is 262 g/mol. The number of fused-ring (bicyclic) bond motifs is 4. The number of pyridine rings is 1. The van der Waals surface area contributed by atoms with Crippen molar-refractivity contribution < 1.29 is 4.74 Å². The van der Waals surface area contributed by atoms with Gasteiger partial charge in [-0.1, -0.05) is 29.8 Å². The van der Waals surface area contributed by atoms with Crippen molar-refractivity contribution in [2.45, 2.75) is 20.4 Å². The predicted molar refractivity (Wildman–Crippen MR) is 83.3 cm³/mol. The first-order valence-corrected chi connectivity index (χ1v) is 7.04. The molecule has 0 N–H and O–H groups in total. The molecule has 0 fully saturated rings. The van der Waals surface area contributed by atoms with Gasteiger partial charge in [0.2, 0.25) is 5.88 Å². The standard InChI is InChI=1S/C18H15NO2/c1-11-7-8-16-13(9-11)10-19-15-6-4-3-5-14(15)17(20)12(2)18(19)21-16/h3-9H,10H2,1-2H3. The van der Waals surface area contributed by atoms with Crippen molar-refractivity contribution in [1.29, 1.82) is 0 Å². The zero-order valence-electron chi connectivity index (χ0n) is 12.0. The largest absolute Gasteiger partial charge is 0.440 e. The van der Waals surface area contributed by atoms with Gasteiger partial charge < -0.3 is 9.30 Å². The van der Waals surface area contributed by atoms with Crippen LogP contribution in [0.1, 0.15) is 16.7 Å². The van der Waals surface area contributed by atoms with Crippen LogP contribution in [-0.2, 0) is 6.54 Å². The van der Waals surface area contributed by atoms with Crippen LogP contribution in [0.25, 0.3) is 10.9 Å². The van der Waals surface area contributed by atoms with Crippen LogP contribution in [-0.4, -0.2) is 4.57 Å². The summed E-state index contributed by atoms with van der Waals surface area (Å²) >= 11 is 0. The fraction of sp³-hybridized carbons (Fsp3) is 0.167. The van der Waals surface area contributed by atoms with Gasteiger partial charge >= 0.3 is 0 Å². The van der Waals surface area contributed by atoms with Crippen LogP contribution in [0.3, 0.4) is 0 Å². The van der Waals surface area contributed by atoms with Gasteiger partial charge in [-0.15, -0.1) is 0 Å². The SMILES string of the molecule is Cc1ccc2c(c1)Cn1c(c(C)c(=O)c3ccccc31)O2. The molecule has 21 heavy (non-hydrogen) atoms. The maximum absolute atomic E-state index is 12.5. The van der Waals surface area contributed by atoms with E-state index in [9.17, 15) is 4.79 Å². The van der Waals surface area contributed by atoms with Crippen molar-refractivity contribution in [1.82, 2.24) is 4.57 Å². The van der Waals surface area contributed by atoms with Crippen molar-refractivity contribution in [3.05, 3.63) is 69.4 Å². The smallest absolute Gasteiger partial charge is 0.207 e. The third-order valence-electron chi connectivity index (χ3n) is 4.10. The lowest BCUT2D eigenvalue weighted by Gasteiger charge is -2.25. The molecule has 0 radical (unpaired) electrons. The van der Waals surface area contributed by atoms with Gasteiger partial charge in [-0.25, -0.2) is 0 Å².